The van der Waals surface area contributed by atoms with Crippen LogP contribution in [0.3, 0.4) is 0 Å². The topological polar surface area (TPSA) is 96.4 Å². The molecule has 1 saturated carbocycles. The van der Waals surface area contributed by atoms with E-state index >= 15 is 0 Å². The highest BCUT2D eigenvalue weighted by atomic mass is 16.6. The molecule has 2 amide bonds. The van der Waals surface area contributed by atoms with Gasteiger partial charge in [-0.1, -0.05) is 61.4 Å². The molecule has 2 aliphatic carbocycles. The Balaban J connectivity index is 1.32. The Morgan fingerprint density at radius 1 is 1.00 bits per heavy atom. The molecule has 0 aromatic heterocycles. The van der Waals surface area contributed by atoms with Crippen molar-refractivity contribution in [2.24, 2.45) is 5.92 Å². The lowest BCUT2D eigenvalue weighted by Crippen LogP contribution is -2.66. The zero-order valence-electron chi connectivity index (χ0n) is 21.6. The van der Waals surface area contributed by atoms with Gasteiger partial charge in [-0.3, -0.25) is 4.90 Å². The summed E-state index contributed by atoms with van der Waals surface area (Å²) in [6.45, 7) is 5.92. The summed E-state index contributed by atoms with van der Waals surface area (Å²) >= 11 is 0. The quantitative estimate of drug-likeness (QED) is 0.561. The molecule has 1 aliphatic heterocycles. The first kappa shape index (κ1) is 25.1. The van der Waals surface area contributed by atoms with Crippen LogP contribution in [0.1, 0.15) is 57.1 Å². The van der Waals surface area contributed by atoms with E-state index in [-0.39, 0.29) is 25.6 Å². The van der Waals surface area contributed by atoms with E-state index in [4.69, 9.17) is 9.47 Å². The molecule has 3 aliphatic rings. The summed E-state index contributed by atoms with van der Waals surface area (Å²) in [6, 6.07) is 14.7. The molecule has 2 aromatic carbocycles. The predicted molar refractivity (Wildman–Crippen MR) is 137 cm³/mol. The lowest BCUT2D eigenvalue weighted by molar-refractivity contribution is -0.145. The Morgan fingerprint density at radius 3 is 2.08 bits per heavy atom. The molecule has 0 spiro atoms. The van der Waals surface area contributed by atoms with Gasteiger partial charge in [-0.2, -0.15) is 0 Å². The minimum absolute atomic E-state index is 0.113. The minimum Gasteiger partial charge on any atom is -0.480 e. The summed E-state index contributed by atoms with van der Waals surface area (Å²) in [5.41, 5.74) is 3.80. The maximum atomic E-state index is 13.5. The number of amides is 2. The molecule has 5 rings (SSSR count). The molecule has 2 aromatic rings. The highest BCUT2D eigenvalue weighted by Gasteiger charge is 2.46. The molecule has 1 heterocycles. The van der Waals surface area contributed by atoms with Gasteiger partial charge in [0.25, 0.3) is 0 Å². The smallest absolute Gasteiger partial charge is 0.410 e. The average molecular weight is 507 g/mol. The molecule has 0 radical (unpaired) electrons. The first-order valence-corrected chi connectivity index (χ1v) is 13.0. The average Bonchev–Trinajstić information content (AvgIpc) is 3.58. The molecule has 37 heavy (non-hydrogen) atoms. The number of aliphatic carboxylic acids is 1. The van der Waals surface area contributed by atoms with E-state index in [2.05, 4.69) is 12.1 Å². The van der Waals surface area contributed by atoms with E-state index < -0.39 is 35.8 Å². The van der Waals surface area contributed by atoms with Gasteiger partial charge < -0.3 is 19.5 Å². The summed E-state index contributed by atoms with van der Waals surface area (Å²) in [5, 5.41) is 10.1. The third-order valence-electron chi connectivity index (χ3n) is 7.33. The zero-order chi connectivity index (χ0) is 26.3. The summed E-state index contributed by atoms with van der Waals surface area (Å²) in [5.74, 6) is -0.868. The number of carbonyl (C=O) groups excluding carboxylic acids is 2. The van der Waals surface area contributed by atoms with E-state index in [1.54, 1.807) is 20.8 Å². The fourth-order valence-corrected chi connectivity index (χ4v) is 5.31. The number of benzene rings is 2. The van der Waals surface area contributed by atoms with Gasteiger partial charge in [-0.05, 0) is 55.4 Å². The van der Waals surface area contributed by atoms with Gasteiger partial charge >= 0.3 is 18.2 Å². The van der Waals surface area contributed by atoms with Crippen molar-refractivity contribution in [3.05, 3.63) is 59.7 Å². The van der Waals surface area contributed by atoms with Crippen molar-refractivity contribution in [1.82, 2.24) is 9.80 Å². The van der Waals surface area contributed by atoms with Crippen LogP contribution in [0.4, 0.5) is 9.59 Å². The molecule has 196 valence electrons. The van der Waals surface area contributed by atoms with Gasteiger partial charge in [-0.25, -0.2) is 14.4 Å². The Kier molecular flexibility index (Phi) is 6.60. The highest BCUT2D eigenvalue weighted by molar-refractivity contribution is 5.82. The lowest BCUT2D eigenvalue weighted by atomic mass is 9.98. The van der Waals surface area contributed by atoms with Crippen molar-refractivity contribution < 1.29 is 29.0 Å². The summed E-state index contributed by atoms with van der Waals surface area (Å²) in [4.78, 5) is 41.1. The Morgan fingerprint density at radius 2 is 1.57 bits per heavy atom. The van der Waals surface area contributed by atoms with Crippen LogP contribution in [0.2, 0.25) is 0 Å². The number of nitrogens with zero attached hydrogens (tertiary/aromatic N) is 2. The highest BCUT2D eigenvalue weighted by Crippen LogP contribution is 2.44. The number of ether oxygens (including phenoxy) is 2. The van der Waals surface area contributed by atoms with Crippen molar-refractivity contribution >= 4 is 18.2 Å². The number of carboxylic acids is 1. The third kappa shape index (κ3) is 5.29. The summed E-state index contributed by atoms with van der Waals surface area (Å²) < 4.78 is 11.3. The van der Waals surface area contributed by atoms with Crippen LogP contribution in [0, 0.1) is 5.92 Å². The molecular weight excluding hydrogens is 472 g/mol. The van der Waals surface area contributed by atoms with Crippen LogP contribution in [-0.4, -0.2) is 70.4 Å². The molecule has 8 heteroatoms. The number of carboxylic acid groups (broad SMARTS) is 1. The SMILES string of the molecule is CC(C)(C)OC(=O)N1CC(N(C(=O)OCC2c3ccccc3-c3ccccc32)C(CC2CC2)C(=O)O)C1. The van der Waals surface area contributed by atoms with Crippen molar-refractivity contribution in [2.45, 2.75) is 63.6 Å². The van der Waals surface area contributed by atoms with E-state index in [0.717, 1.165) is 35.1 Å². The summed E-state index contributed by atoms with van der Waals surface area (Å²) in [6.07, 6.45) is 1.21. The van der Waals surface area contributed by atoms with Crippen molar-refractivity contribution in [3.8, 4) is 11.1 Å². The first-order chi connectivity index (χ1) is 17.6. The van der Waals surface area contributed by atoms with E-state index in [1.807, 2.05) is 36.4 Å². The second-order valence-corrected chi connectivity index (χ2v) is 11.3. The second-order valence-electron chi connectivity index (χ2n) is 11.3. The molecule has 2 fully saturated rings. The molecule has 8 nitrogen and oxygen atoms in total. The van der Waals surface area contributed by atoms with Crippen LogP contribution in [0.25, 0.3) is 11.1 Å². The van der Waals surface area contributed by atoms with Crippen LogP contribution in [0.15, 0.2) is 48.5 Å². The van der Waals surface area contributed by atoms with Gasteiger partial charge in [-0.15, -0.1) is 0 Å². The molecule has 1 saturated heterocycles. The number of hydrogen-bond acceptors (Lipinski definition) is 5. The number of carbonyl (C=O) groups is 3. The first-order valence-electron chi connectivity index (χ1n) is 13.0. The number of fused-ring (bicyclic) bond motifs is 3. The molecule has 1 N–H and O–H groups in total. The van der Waals surface area contributed by atoms with Crippen LogP contribution in [-0.2, 0) is 14.3 Å². The molecule has 1 unspecified atom stereocenters. The Hall–Kier alpha value is -3.55. The Labute approximate surface area is 217 Å². The fourth-order valence-electron chi connectivity index (χ4n) is 5.31. The normalized spacial score (nSPS) is 17.9. The van der Waals surface area contributed by atoms with Gasteiger partial charge in [0, 0.05) is 19.0 Å². The maximum absolute atomic E-state index is 13.5. The van der Waals surface area contributed by atoms with Gasteiger partial charge in [0.15, 0.2) is 0 Å². The fraction of sp³-hybridized carbons (Fsp3) is 0.483. The largest absolute Gasteiger partial charge is 0.480 e. The maximum Gasteiger partial charge on any atom is 0.410 e. The van der Waals surface area contributed by atoms with Gasteiger partial charge in [0.2, 0.25) is 0 Å². The van der Waals surface area contributed by atoms with E-state index in [0.29, 0.717) is 12.3 Å². The molecule has 1 atom stereocenters. The van der Waals surface area contributed by atoms with E-state index in [9.17, 15) is 19.5 Å². The second kappa shape index (κ2) is 9.72. The molecular formula is C29H34N2O6. The standard InChI is InChI=1S/C29H34N2O6/c1-29(2,3)37-27(34)30-15-19(16-30)31(25(26(32)33)14-18-12-13-18)28(35)36-17-24-22-10-6-4-8-20(22)21-9-5-7-11-23(21)24/h4-11,18-19,24-25H,12-17H2,1-3H3,(H,32,33). The van der Waals surface area contributed by atoms with Crippen LogP contribution in [0.5, 0.6) is 0 Å². The number of likely N-dealkylation sites (tertiary alicyclic amines) is 1. The monoisotopic (exact) mass is 506 g/mol. The van der Waals surface area contributed by atoms with Crippen molar-refractivity contribution in [1.29, 1.82) is 0 Å². The van der Waals surface area contributed by atoms with Gasteiger partial charge in [0.05, 0.1) is 6.04 Å². The van der Waals surface area contributed by atoms with Gasteiger partial charge in [0.1, 0.15) is 18.2 Å². The lowest BCUT2D eigenvalue weighted by Gasteiger charge is -2.46. The number of hydrogen-bond donors (Lipinski definition) is 1. The number of rotatable bonds is 7. The van der Waals surface area contributed by atoms with Crippen LogP contribution < -0.4 is 0 Å². The molecule has 0 bridgehead atoms. The summed E-state index contributed by atoms with van der Waals surface area (Å²) in [7, 11) is 0. The third-order valence-corrected chi connectivity index (χ3v) is 7.33. The Bertz CT molecular complexity index is 1150. The van der Waals surface area contributed by atoms with Crippen molar-refractivity contribution in [2.75, 3.05) is 19.7 Å². The van der Waals surface area contributed by atoms with Crippen LogP contribution >= 0.6 is 0 Å². The zero-order valence-corrected chi connectivity index (χ0v) is 21.6. The minimum atomic E-state index is -1.05. The predicted octanol–water partition coefficient (Wildman–Crippen LogP) is 5.11. The van der Waals surface area contributed by atoms with E-state index in [1.165, 1.54) is 9.80 Å². The van der Waals surface area contributed by atoms with Crippen molar-refractivity contribution in [3.63, 3.8) is 0 Å².